The van der Waals surface area contributed by atoms with Gasteiger partial charge in [0.15, 0.2) is 5.13 Å². The lowest BCUT2D eigenvalue weighted by Gasteiger charge is -2.05. The summed E-state index contributed by atoms with van der Waals surface area (Å²) in [6.45, 7) is 0.421. The zero-order valence-corrected chi connectivity index (χ0v) is 15.8. The zero-order valence-electron chi connectivity index (χ0n) is 14.2. The quantitative estimate of drug-likeness (QED) is 0.576. The highest BCUT2D eigenvalue weighted by molar-refractivity contribution is 7.14. The first-order chi connectivity index (χ1) is 13.1. The molecule has 138 valence electrons. The van der Waals surface area contributed by atoms with Crippen LogP contribution in [0.25, 0.3) is 0 Å². The summed E-state index contributed by atoms with van der Waals surface area (Å²) < 4.78 is 0. The second-order valence-corrected chi connectivity index (χ2v) is 6.96. The summed E-state index contributed by atoms with van der Waals surface area (Å²) in [5.41, 5.74) is 2.25. The van der Waals surface area contributed by atoms with Crippen molar-refractivity contribution in [1.29, 1.82) is 0 Å². The minimum absolute atomic E-state index is 0.143. The monoisotopic (exact) mass is 400 g/mol. The number of aromatic nitrogens is 1. The molecule has 3 aromatic rings. The minimum Gasteiger partial charge on any atom is -0.352 e. The van der Waals surface area contributed by atoms with Crippen LogP contribution in [0.3, 0.4) is 0 Å². The molecule has 1 heterocycles. The highest BCUT2D eigenvalue weighted by atomic mass is 35.5. The van der Waals surface area contributed by atoms with Crippen molar-refractivity contribution in [3.8, 4) is 0 Å². The summed E-state index contributed by atoms with van der Waals surface area (Å²) in [6, 6.07) is 16.0. The highest BCUT2D eigenvalue weighted by Crippen LogP contribution is 2.16. The number of nitrogens with zero attached hydrogens (tertiary/aromatic N) is 1. The van der Waals surface area contributed by atoms with E-state index in [0.717, 1.165) is 5.56 Å². The Labute approximate surface area is 165 Å². The molecule has 0 saturated carbocycles. The highest BCUT2D eigenvalue weighted by Gasteiger charge is 2.10. The fourth-order valence-electron chi connectivity index (χ4n) is 2.26. The van der Waals surface area contributed by atoms with Crippen molar-refractivity contribution in [2.45, 2.75) is 13.0 Å². The Kier molecular flexibility index (Phi) is 6.40. The van der Waals surface area contributed by atoms with Crippen molar-refractivity contribution in [2.75, 3.05) is 10.6 Å². The maximum atomic E-state index is 12.1. The molecule has 3 N–H and O–H groups in total. The number of rotatable bonds is 6. The number of hydrogen-bond acceptors (Lipinski definition) is 4. The van der Waals surface area contributed by atoms with Crippen LogP contribution >= 0.6 is 22.9 Å². The standard InChI is InChI=1S/C19H17ClN4O2S/c20-14-8-6-13(7-9-14)11-21-17(25)10-16-12-27-19(23-16)24-18(26)22-15-4-2-1-3-5-15/h1-9,12H,10-11H2,(H,21,25)(H2,22,23,24,26). The van der Waals surface area contributed by atoms with Crippen molar-refractivity contribution < 1.29 is 9.59 Å². The molecular formula is C19H17ClN4O2S. The number of hydrogen-bond donors (Lipinski definition) is 3. The van der Waals surface area contributed by atoms with E-state index in [1.165, 1.54) is 11.3 Å². The molecule has 27 heavy (non-hydrogen) atoms. The molecule has 1 aromatic heterocycles. The first-order valence-corrected chi connectivity index (χ1v) is 9.43. The number of anilines is 2. The summed E-state index contributed by atoms with van der Waals surface area (Å²) >= 11 is 7.11. The molecule has 0 fully saturated rings. The molecule has 0 aliphatic rings. The van der Waals surface area contributed by atoms with Crippen LogP contribution in [0.15, 0.2) is 60.0 Å². The summed E-state index contributed by atoms with van der Waals surface area (Å²) in [5, 5.41) is 11.0. The average Bonchev–Trinajstić information content (AvgIpc) is 3.08. The molecule has 6 nitrogen and oxygen atoms in total. The molecule has 0 saturated heterocycles. The number of halogens is 1. The third-order valence-electron chi connectivity index (χ3n) is 3.55. The van der Waals surface area contributed by atoms with Crippen LogP contribution < -0.4 is 16.0 Å². The summed E-state index contributed by atoms with van der Waals surface area (Å²) in [5.74, 6) is -0.143. The van der Waals surface area contributed by atoms with Crippen LogP contribution in [0.5, 0.6) is 0 Å². The fraction of sp³-hybridized carbons (Fsp3) is 0.105. The van der Waals surface area contributed by atoms with Gasteiger partial charge in [-0.15, -0.1) is 11.3 Å². The van der Waals surface area contributed by atoms with Crippen LogP contribution in [-0.2, 0) is 17.8 Å². The lowest BCUT2D eigenvalue weighted by Crippen LogP contribution is -2.24. The number of nitrogens with one attached hydrogen (secondary N) is 3. The Morgan fingerprint density at radius 2 is 1.74 bits per heavy atom. The molecule has 0 bridgehead atoms. The Balaban J connectivity index is 1.46. The van der Waals surface area contributed by atoms with Gasteiger partial charge in [0, 0.05) is 22.6 Å². The third-order valence-corrected chi connectivity index (χ3v) is 4.61. The number of carbonyl (C=O) groups excluding carboxylic acids is 2. The van der Waals surface area contributed by atoms with E-state index in [-0.39, 0.29) is 18.4 Å². The van der Waals surface area contributed by atoms with Gasteiger partial charge in [-0.2, -0.15) is 0 Å². The molecule has 0 spiro atoms. The maximum absolute atomic E-state index is 12.1. The van der Waals surface area contributed by atoms with E-state index in [1.54, 1.807) is 29.6 Å². The third kappa shape index (κ3) is 6.09. The van der Waals surface area contributed by atoms with Gasteiger partial charge in [0.2, 0.25) is 5.91 Å². The topological polar surface area (TPSA) is 83.1 Å². The zero-order chi connectivity index (χ0) is 19.1. The van der Waals surface area contributed by atoms with Crippen LogP contribution in [-0.4, -0.2) is 16.9 Å². The summed E-state index contributed by atoms with van der Waals surface area (Å²) in [7, 11) is 0. The lowest BCUT2D eigenvalue weighted by molar-refractivity contribution is -0.120. The molecule has 0 atom stereocenters. The van der Waals surface area contributed by atoms with Gasteiger partial charge < -0.3 is 10.6 Å². The predicted octanol–water partition coefficient (Wildman–Crippen LogP) is 4.30. The molecule has 3 amide bonds. The molecule has 0 aliphatic carbocycles. The van der Waals surface area contributed by atoms with E-state index in [0.29, 0.717) is 28.1 Å². The Morgan fingerprint density at radius 1 is 1.00 bits per heavy atom. The summed E-state index contributed by atoms with van der Waals surface area (Å²) in [6.07, 6.45) is 0.145. The number of urea groups is 1. The molecule has 0 aliphatic heterocycles. The predicted molar refractivity (Wildman–Crippen MR) is 108 cm³/mol. The summed E-state index contributed by atoms with van der Waals surface area (Å²) in [4.78, 5) is 28.3. The van der Waals surface area contributed by atoms with E-state index < -0.39 is 0 Å². The number of amides is 3. The van der Waals surface area contributed by atoms with E-state index in [2.05, 4.69) is 20.9 Å². The van der Waals surface area contributed by atoms with Crippen LogP contribution in [0.2, 0.25) is 5.02 Å². The largest absolute Gasteiger partial charge is 0.352 e. The van der Waals surface area contributed by atoms with Crippen LogP contribution in [0.4, 0.5) is 15.6 Å². The van der Waals surface area contributed by atoms with Gasteiger partial charge >= 0.3 is 6.03 Å². The number of para-hydroxylation sites is 1. The second kappa shape index (κ2) is 9.16. The van der Waals surface area contributed by atoms with Crippen molar-refractivity contribution >= 4 is 45.7 Å². The lowest BCUT2D eigenvalue weighted by atomic mass is 10.2. The van der Waals surface area contributed by atoms with Crippen molar-refractivity contribution in [2.24, 2.45) is 0 Å². The first kappa shape index (κ1) is 18.9. The van der Waals surface area contributed by atoms with Crippen LogP contribution in [0.1, 0.15) is 11.3 Å². The molecule has 0 unspecified atom stereocenters. The van der Waals surface area contributed by atoms with E-state index in [9.17, 15) is 9.59 Å². The minimum atomic E-state index is -0.380. The normalized spacial score (nSPS) is 10.3. The average molecular weight is 401 g/mol. The number of thiazole rings is 1. The SMILES string of the molecule is O=C(Cc1csc(NC(=O)Nc2ccccc2)n1)NCc1ccc(Cl)cc1. The Hall–Kier alpha value is -2.90. The smallest absolute Gasteiger partial charge is 0.325 e. The van der Waals surface area contributed by atoms with Gasteiger partial charge in [0.05, 0.1) is 12.1 Å². The van der Waals surface area contributed by atoms with Gasteiger partial charge in [-0.3, -0.25) is 10.1 Å². The van der Waals surface area contributed by atoms with Gasteiger partial charge in [0.1, 0.15) is 0 Å². The van der Waals surface area contributed by atoms with Gasteiger partial charge in [-0.25, -0.2) is 9.78 Å². The van der Waals surface area contributed by atoms with Gasteiger partial charge in [-0.1, -0.05) is 41.9 Å². The Bertz CT molecular complexity index is 913. The van der Waals surface area contributed by atoms with E-state index in [1.807, 2.05) is 30.3 Å². The van der Waals surface area contributed by atoms with Crippen molar-refractivity contribution in [3.05, 3.63) is 76.3 Å². The van der Waals surface area contributed by atoms with E-state index >= 15 is 0 Å². The molecule has 3 rings (SSSR count). The van der Waals surface area contributed by atoms with Crippen LogP contribution in [0, 0.1) is 0 Å². The molecular weight excluding hydrogens is 384 g/mol. The first-order valence-electron chi connectivity index (χ1n) is 8.17. The number of carbonyl (C=O) groups is 2. The van der Waals surface area contributed by atoms with Crippen molar-refractivity contribution in [3.63, 3.8) is 0 Å². The maximum Gasteiger partial charge on any atom is 0.325 e. The molecule has 2 aromatic carbocycles. The van der Waals surface area contributed by atoms with E-state index in [4.69, 9.17) is 11.6 Å². The Morgan fingerprint density at radius 3 is 2.48 bits per heavy atom. The van der Waals surface area contributed by atoms with Gasteiger partial charge in [-0.05, 0) is 29.8 Å². The second-order valence-electron chi connectivity index (χ2n) is 5.67. The molecule has 0 radical (unpaired) electrons. The number of benzene rings is 2. The molecule has 8 heteroatoms. The fourth-order valence-corrected chi connectivity index (χ4v) is 3.09. The van der Waals surface area contributed by atoms with Crippen molar-refractivity contribution in [1.82, 2.24) is 10.3 Å². The van der Waals surface area contributed by atoms with Gasteiger partial charge in [0.25, 0.3) is 0 Å².